The van der Waals surface area contributed by atoms with Crippen LogP contribution in [0.3, 0.4) is 0 Å². The van der Waals surface area contributed by atoms with E-state index in [4.69, 9.17) is 4.74 Å². The quantitative estimate of drug-likeness (QED) is 0.753. The molecule has 0 aromatic heterocycles. The van der Waals surface area contributed by atoms with Crippen LogP contribution in [-0.4, -0.2) is 16.1 Å². The van der Waals surface area contributed by atoms with E-state index in [1.54, 1.807) is 7.11 Å². The van der Waals surface area contributed by atoms with Crippen LogP contribution in [0.1, 0.15) is 20.8 Å². The first kappa shape index (κ1) is 11.2. The lowest BCUT2D eigenvalue weighted by Gasteiger charge is -2.17. The molecule has 1 rings (SSSR count). The standard InChI is InChI=1S/C11H16O2S/c1-11(2,3)14(12)10-7-5-9(13-4)6-8-10/h5-8H,1-4H3/t14-/m0/s1. The fourth-order valence-electron chi connectivity index (χ4n) is 1.05. The van der Waals surface area contributed by atoms with Gasteiger partial charge in [0.05, 0.1) is 17.9 Å². The van der Waals surface area contributed by atoms with E-state index in [1.165, 1.54) is 0 Å². The third-order valence-corrected chi connectivity index (χ3v) is 3.64. The van der Waals surface area contributed by atoms with Gasteiger partial charge in [-0.25, -0.2) is 0 Å². The molecule has 0 radical (unpaired) electrons. The first-order valence-corrected chi connectivity index (χ1v) is 5.66. The molecule has 0 saturated heterocycles. The largest absolute Gasteiger partial charge is 0.497 e. The minimum Gasteiger partial charge on any atom is -0.497 e. The van der Waals surface area contributed by atoms with Gasteiger partial charge < -0.3 is 4.74 Å². The van der Waals surface area contributed by atoms with Gasteiger partial charge in [0.2, 0.25) is 0 Å². The van der Waals surface area contributed by atoms with E-state index >= 15 is 0 Å². The lowest BCUT2D eigenvalue weighted by Crippen LogP contribution is -2.21. The Balaban J connectivity index is 2.93. The van der Waals surface area contributed by atoms with Crippen LogP contribution in [0, 0.1) is 0 Å². The number of rotatable bonds is 2. The summed E-state index contributed by atoms with van der Waals surface area (Å²) in [6, 6.07) is 7.36. The average Bonchev–Trinajstić information content (AvgIpc) is 2.15. The van der Waals surface area contributed by atoms with Gasteiger partial charge in [-0.3, -0.25) is 4.21 Å². The zero-order chi connectivity index (χ0) is 10.8. The van der Waals surface area contributed by atoms with Gasteiger partial charge in [0.25, 0.3) is 0 Å². The minimum atomic E-state index is -0.967. The Kier molecular flexibility index (Phi) is 3.32. The van der Waals surface area contributed by atoms with E-state index in [1.807, 2.05) is 45.0 Å². The first-order valence-electron chi connectivity index (χ1n) is 4.51. The summed E-state index contributed by atoms with van der Waals surface area (Å²) in [6.07, 6.45) is 0. The number of methoxy groups -OCH3 is 1. The first-order chi connectivity index (χ1) is 6.45. The molecule has 0 saturated carbocycles. The molecule has 0 spiro atoms. The summed E-state index contributed by atoms with van der Waals surface area (Å²) in [6.45, 7) is 5.90. The van der Waals surface area contributed by atoms with Crippen molar-refractivity contribution >= 4 is 10.8 Å². The van der Waals surface area contributed by atoms with Gasteiger partial charge in [-0.1, -0.05) is 0 Å². The second-order valence-corrected chi connectivity index (χ2v) is 6.29. The second-order valence-electron chi connectivity index (χ2n) is 4.06. The summed E-state index contributed by atoms with van der Waals surface area (Å²) in [5, 5.41) is 0. The molecule has 2 nitrogen and oxygen atoms in total. The summed E-state index contributed by atoms with van der Waals surface area (Å²) < 4.78 is 16.8. The Hall–Kier alpha value is -0.830. The van der Waals surface area contributed by atoms with Gasteiger partial charge in [-0.05, 0) is 45.0 Å². The van der Waals surface area contributed by atoms with Crippen LogP contribution in [0.5, 0.6) is 5.75 Å². The highest BCUT2D eigenvalue weighted by Gasteiger charge is 2.20. The molecule has 0 aliphatic rings. The summed E-state index contributed by atoms with van der Waals surface area (Å²) in [7, 11) is 0.654. The van der Waals surface area contributed by atoms with E-state index in [2.05, 4.69) is 0 Å². The summed E-state index contributed by atoms with van der Waals surface area (Å²) in [5.41, 5.74) is 0. The molecule has 1 atom stereocenters. The lowest BCUT2D eigenvalue weighted by molar-refractivity contribution is 0.414. The maximum atomic E-state index is 11.9. The maximum Gasteiger partial charge on any atom is 0.118 e. The normalized spacial score (nSPS) is 13.7. The predicted molar refractivity (Wildman–Crippen MR) is 59.2 cm³/mol. The van der Waals surface area contributed by atoms with Crippen molar-refractivity contribution in [2.45, 2.75) is 30.4 Å². The smallest absolute Gasteiger partial charge is 0.118 e. The number of hydrogen-bond acceptors (Lipinski definition) is 2. The molecule has 0 heterocycles. The molecule has 0 aliphatic carbocycles. The summed E-state index contributed by atoms with van der Waals surface area (Å²) >= 11 is 0. The Morgan fingerprint density at radius 3 is 2.00 bits per heavy atom. The van der Waals surface area contributed by atoms with E-state index in [9.17, 15) is 4.21 Å². The van der Waals surface area contributed by atoms with E-state index in [0.29, 0.717) is 0 Å². The third-order valence-electron chi connectivity index (χ3n) is 1.83. The van der Waals surface area contributed by atoms with Crippen molar-refractivity contribution in [2.24, 2.45) is 0 Å². The molecule has 1 aromatic rings. The fourth-order valence-corrected chi connectivity index (χ4v) is 2.14. The van der Waals surface area contributed by atoms with Gasteiger partial charge in [-0.2, -0.15) is 0 Å². The van der Waals surface area contributed by atoms with E-state index < -0.39 is 10.8 Å². The van der Waals surface area contributed by atoms with Crippen LogP contribution >= 0.6 is 0 Å². The third kappa shape index (κ3) is 2.58. The van der Waals surface area contributed by atoms with Crippen LogP contribution in [0.15, 0.2) is 29.2 Å². The van der Waals surface area contributed by atoms with Crippen molar-refractivity contribution in [1.82, 2.24) is 0 Å². The molecular formula is C11H16O2S. The number of hydrogen-bond donors (Lipinski definition) is 0. The van der Waals surface area contributed by atoms with Crippen molar-refractivity contribution in [3.05, 3.63) is 24.3 Å². The van der Waals surface area contributed by atoms with Crippen molar-refractivity contribution < 1.29 is 8.95 Å². The van der Waals surface area contributed by atoms with Crippen molar-refractivity contribution in [1.29, 1.82) is 0 Å². The zero-order valence-corrected chi connectivity index (χ0v) is 9.85. The van der Waals surface area contributed by atoms with Crippen LogP contribution in [0.2, 0.25) is 0 Å². The Morgan fingerprint density at radius 2 is 1.64 bits per heavy atom. The van der Waals surface area contributed by atoms with Gasteiger partial charge in [-0.15, -0.1) is 0 Å². The topological polar surface area (TPSA) is 26.3 Å². The van der Waals surface area contributed by atoms with Crippen molar-refractivity contribution in [3.8, 4) is 5.75 Å². The zero-order valence-electron chi connectivity index (χ0n) is 9.03. The lowest BCUT2D eigenvalue weighted by atomic mass is 10.3. The number of benzene rings is 1. The monoisotopic (exact) mass is 212 g/mol. The molecule has 0 N–H and O–H groups in total. The Morgan fingerprint density at radius 1 is 1.14 bits per heavy atom. The highest BCUT2D eigenvalue weighted by molar-refractivity contribution is 7.86. The minimum absolute atomic E-state index is 0.214. The summed E-state index contributed by atoms with van der Waals surface area (Å²) in [5.74, 6) is 0.791. The maximum absolute atomic E-state index is 11.9. The van der Waals surface area contributed by atoms with Crippen LogP contribution in [0.4, 0.5) is 0 Å². The summed E-state index contributed by atoms with van der Waals surface area (Å²) in [4.78, 5) is 0.846. The van der Waals surface area contributed by atoms with Crippen molar-refractivity contribution in [2.75, 3.05) is 7.11 Å². The van der Waals surface area contributed by atoms with Gasteiger partial charge in [0, 0.05) is 9.64 Å². The fraction of sp³-hybridized carbons (Fsp3) is 0.455. The predicted octanol–water partition coefficient (Wildman–Crippen LogP) is 2.60. The molecule has 0 amide bonds. The molecule has 0 bridgehead atoms. The Labute approximate surface area is 87.7 Å². The van der Waals surface area contributed by atoms with Gasteiger partial charge in [0.1, 0.15) is 5.75 Å². The average molecular weight is 212 g/mol. The highest BCUT2D eigenvalue weighted by Crippen LogP contribution is 2.22. The van der Waals surface area contributed by atoms with E-state index in [0.717, 1.165) is 10.6 Å². The number of ether oxygens (including phenoxy) is 1. The van der Waals surface area contributed by atoms with Crippen molar-refractivity contribution in [3.63, 3.8) is 0 Å². The van der Waals surface area contributed by atoms with E-state index in [-0.39, 0.29) is 4.75 Å². The molecular weight excluding hydrogens is 196 g/mol. The molecule has 78 valence electrons. The SMILES string of the molecule is COc1ccc([S@](=O)C(C)(C)C)cc1. The molecule has 0 fully saturated rings. The van der Waals surface area contributed by atoms with Crippen LogP contribution in [-0.2, 0) is 10.8 Å². The van der Waals surface area contributed by atoms with Crippen LogP contribution < -0.4 is 4.74 Å². The van der Waals surface area contributed by atoms with Crippen LogP contribution in [0.25, 0.3) is 0 Å². The second kappa shape index (κ2) is 4.13. The molecule has 14 heavy (non-hydrogen) atoms. The Bertz CT molecular complexity index is 322. The van der Waals surface area contributed by atoms with Gasteiger partial charge >= 0.3 is 0 Å². The van der Waals surface area contributed by atoms with Gasteiger partial charge in [0.15, 0.2) is 0 Å². The molecule has 0 aliphatic heterocycles. The molecule has 3 heteroatoms. The molecule has 0 unspecified atom stereocenters. The molecule has 1 aromatic carbocycles. The highest BCUT2D eigenvalue weighted by atomic mass is 32.2.